The van der Waals surface area contributed by atoms with Gasteiger partial charge in [-0.15, -0.1) is 12.4 Å². The van der Waals surface area contributed by atoms with Gasteiger partial charge in [0, 0.05) is 13.1 Å². The Morgan fingerprint density at radius 1 is 1.15 bits per heavy atom. The van der Waals surface area contributed by atoms with Gasteiger partial charge in [-0.3, -0.25) is 9.69 Å². The number of carbonyl (C=O) groups excluding carboxylic acids is 1. The third-order valence-electron chi connectivity index (χ3n) is 5.51. The second kappa shape index (κ2) is 9.16. The van der Waals surface area contributed by atoms with E-state index in [2.05, 4.69) is 18.7 Å². The van der Waals surface area contributed by atoms with Gasteiger partial charge in [0.05, 0.1) is 4.90 Å². The Balaban J connectivity index is 0.00000338. The molecule has 0 aliphatic carbocycles. The molecule has 0 aromatic heterocycles. The van der Waals surface area contributed by atoms with Crippen LogP contribution in [0, 0.1) is 0 Å². The van der Waals surface area contributed by atoms with Crippen LogP contribution in [0.2, 0.25) is 0 Å². The molecule has 4 nitrogen and oxygen atoms in total. The largest absolute Gasteiger partial charge is 0.299 e. The van der Waals surface area contributed by atoms with Crippen molar-refractivity contribution in [3.05, 3.63) is 41.5 Å². The molecule has 0 bridgehead atoms. The van der Waals surface area contributed by atoms with E-state index in [4.69, 9.17) is 0 Å². The topological polar surface area (TPSA) is 54.5 Å². The van der Waals surface area contributed by atoms with Crippen molar-refractivity contribution in [2.45, 2.75) is 56.6 Å². The summed E-state index contributed by atoms with van der Waals surface area (Å²) in [6, 6.07) is 8.30. The normalized spacial score (nSPS) is 18.2. The lowest BCUT2D eigenvalue weighted by Crippen LogP contribution is -2.43. The van der Waals surface area contributed by atoms with Gasteiger partial charge in [0.15, 0.2) is 15.6 Å². The fraction of sp³-hybridized carbons (Fsp3) is 0.550. The van der Waals surface area contributed by atoms with Crippen LogP contribution in [0.15, 0.2) is 46.4 Å². The number of rotatable bonds is 7. The minimum absolute atomic E-state index is 0. The van der Waals surface area contributed by atoms with E-state index >= 15 is 0 Å². The molecule has 0 spiro atoms. The van der Waals surface area contributed by atoms with Crippen molar-refractivity contribution in [2.75, 3.05) is 19.6 Å². The molecule has 1 aliphatic heterocycles. The molecule has 2 rings (SSSR count). The summed E-state index contributed by atoms with van der Waals surface area (Å²) in [6.45, 7) is 10.0. The molecule has 0 radical (unpaired) electrons. The predicted molar refractivity (Wildman–Crippen MR) is 109 cm³/mol. The highest BCUT2D eigenvalue weighted by Gasteiger charge is 2.44. The van der Waals surface area contributed by atoms with E-state index in [0.717, 1.165) is 26.1 Å². The standard InChI is InChI=1S/C20H29NO3S.ClH/c1-16-11-14-21(15-17(16)2)13-8-12-20(4,18(3)22)25(23,24)19-9-6-5-7-10-19;/h5-7,9-10H,8,11-15H2,1-4H3;1H. The molecule has 1 atom stereocenters. The third-order valence-corrected chi connectivity index (χ3v) is 8.08. The quantitative estimate of drug-likeness (QED) is 0.649. The van der Waals surface area contributed by atoms with Crippen LogP contribution < -0.4 is 0 Å². The molecule has 0 saturated carbocycles. The minimum atomic E-state index is -3.70. The van der Waals surface area contributed by atoms with Gasteiger partial charge in [-0.05, 0) is 65.6 Å². The van der Waals surface area contributed by atoms with Crippen molar-refractivity contribution in [3.63, 3.8) is 0 Å². The highest BCUT2D eigenvalue weighted by atomic mass is 35.5. The van der Waals surface area contributed by atoms with Crippen molar-refractivity contribution in [2.24, 2.45) is 0 Å². The van der Waals surface area contributed by atoms with E-state index in [1.165, 1.54) is 18.1 Å². The van der Waals surface area contributed by atoms with Gasteiger partial charge >= 0.3 is 0 Å². The molecule has 1 unspecified atom stereocenters. The SMILES string of the molecule is CC(=O)C(C)(CCCN1CCC(C)=C(C)C1)S(=O)(=O)c1ccccc1.Cl. The highest BCUT2D eigenvalue weighted by molar-refractivity contribution is 7.93. The lowest BCUT2D eigenvalue weighted by Gasteiger charge is -2.31. The second-order valence-electron chi connectivity index (χ2n) is 7.29. The van der Waals surface area contributed by atoms with E-state index in [1.807, 2.05) is 0 Å². The third kappa shape index (κ3) is 4.76. The number of halogens is 1. The predicted octanol–water partition coefficient (Wildman–Crippen LogP) is 4.05. The van der Waals surface area contributed by atoms with Crippen LogP contribution in [0.1, 0.15) is 47.0 Å². The number of ketones is 1. The molecule has 26 heavy (non-hydrogen) atoms. The number of hydrogen-bond donors (Lipinski definition) is 0. The highest BCUT2D eigenvalue weighted by Crippen LogP contribution is 2.31. The molecule has 1 aromatic rings. The van der Waals surface area contributed by atoms with Gasteiger partial charge in [-0.25, -0.2) is 8.42 Å². The van der Waals surface area contributed by atoms with Crippen LogP contribution in [0.5, 0.6) is 0 Å². The summed E-state index contributed by atoms with van der Waals surface area (Å²) < 4.78 is 24.7. The summed E-state index contributed by atoms with van der Waals surface area (Å²) in [7, 11) is -3.70. The maximum Gasteiger partial charge on any atom is 0.190 e. The van der Waals surface area contributed by atoms with Crippen molar-refractivity contribution >= 4 is 28.0 Å². The number of nitrogens with zero attached hydrogens (tertiary/aromatic N) is 1. The van der Waals surface area contributed by atoms with E-state index < -0.39 is 14.6 Å². The van der Waals surface area contributed by atoms with E-state index in [-0.39, 0.29) is 23.1 Å². The van der Waals surface area contributed by atoms with Crippen LogP contribution in [-0.2, 0) is 14.6 Å². The van der Waals surface area contributed by atoms with E-state index in [1.54, 1.807) is 37.3 Å². The van der Waals surface area contributed by atoms with Gasteiger partial charge in [-0.2, -0.15) is 0 Å². The molecule has 0 N–H and O–H groups in total. The summed E-state index contributed by atoms with van der Waals surface area (Å²) in [5.74, 6) is -0.290. The van der Waals surface area contributed by atoms with Crippen molar-refractivity contribution < 1.29 is 13.2 Å². The number of Topliss-reactive ketones (excluding diaryl/α,β-unsaturated/α-hetero) is 1. The fourth-order valence-corrected chi connectivity index (χ4v) is 5.11. The van der Waals surface area contributed by atoms with Crippen LogP contribution in [0.3, 0.4) is 0 Å². The first-order valence-corrected chi connectivity index (χ1v) is 10.3. The Labute approximate surface area is 164 Å². The van der Waals surface area contributed by atoms with Crippen molar-refractivity contribution in [3.8, 4) is 0 Å². The fourth-order valence-electron chi connectivity index (χ4n) is 3.28. The maximum absolute atomic E-state index is 13.0. The molecule has 146 valence electrons. The molecule has 6 heteroatoms. The first-order chi connectivity index (χ1) is 11.7. The van der Waals surface area contributed by atoms with Gasteiger partial charge in [0.2, 0.25) is 0 Å². The van der Waals surface area contributed by atoms with Gasteiger partial charge in [-0.1, -0.05) is 29.3 Å². The van der Waals surface area contributed by atoms with Gasteiger partial charge in [0.1, 0.15) is 4.75 Å². The summed E-state index contributed by atoms with van der Waals surface area (Å²) in [5, 5.41) is 0. The molecule has 0 fully saturated rings. The van der Waals surface area contributed by atoms with Crippen LogP contribution in [0.4, 0.5) is 0 Å². The molecule has 0 amide bonds. The average Bonchev–Trinajstić information content (AvgIpc) is 2.58. The summed E-state index contributed by atoms with van der Waals surface area (Å²) >= 11 is 0. The molecule has 0 saturated heterocycles. The van der Waals surface area contributed by atoms with Gasteiger partial charge < -0.3 is 0 Å². The summed E-state index contributed by atoms with van der Waals surface area (Å²) in [4.78, 5) is 14.8. The Hall–Kier alpha value is -1.17. The van der Waals surface area contributed by atoms with E-state index in [9.17, 15) is 13.2 Å². The molecule has 1 heterocycles. The average molecular weight is 400 g/mol. The first kappa shape index (κ1) is 22.9. The smallest absolute Gasteiger partial charge is 0.190 e. The number of benzene rings is 1. The zero-order valence-electron chi connectivity index (χ0n) is 16.1. The zero-order chi connectivity index (χ0) is 18.7. The van der Waals surface area contributed by atoms with Crippen molar-refractivity contribution in [1.82, 2.24) is 4.90 Å². The molecule has 1 aliphatic rings. The Kier molecular flexibility index (Phi) is 8.05. The molecule has 1 aromatic carbocycles. The van der Waals surface area contributed by atoms with E-state index in [0.29, 0.717) is 12.8 Å². The molecular weight excluding hydrogens is 370 g/mol. The minimum Gasteiger partial charge on any atom is -0.299 e. The Morgan fingerprint density at radius 3 is 2.31 bits per heavy atom. The Morgan fingerprint density at radius 2 is 1.77 bits per heavy atom. The Bertz CT molecular complexity index is 759. The van der Waals surface area contributed by atoms with Crippen LogP contribution in [0.25, 0.3) is 0 Å². The maximum atomic E-state index is 13.0. The van der Waals surface area contributed by atoms with Crippen molar-refractivity contribution in [1.29, 1.82) is 0 Å². The monoisotopic (exact) mass is 399 g/mol. The summed E-state index contributed by atoms with van der Waals surface area (Å²) in [5.41, 5.74) is 2.86. The lowest BCUT2D eigenvalue weighted by molar-refractivity contribution is -0.119. The molecular formula is C20H30ClNO3S. The number of sulfone groups is 1. The lowest BCUT2D eigenvalue weighted by atomic mass is 9.99. The first-order valence-electron chi connectivity index (χ1n) is 8.87. The number of carbonyl (C=O) groups is 1. The zero-order valence-corrected chi connectivity index (χ0v) is 17.8. The van der Waals surface area contributed by atoms with Crippen LogP contribution in [-0.4, -0.2) is 43.5 Å². The summed E-state index contributed by atoms with van der Waals surface area (Å²) in [6.07, 6.45) is 2.10. The van der Waals surface area contributed by atoms with Gasteiger partial charge in [0.25, 0.3) is 0 Å². The second-order valence-corrected chi connectivity index (χ2v) is 9.67. The van der Waals surface area contributed by atoms with Crippen LogP contribution >= 0.6 is 12.4 Å². The number of hydrogen-bond acceptors (Lipinski definition) is 4.